The van der Waals surface area contributed by atoms with E-state index in [2.05, 4.69) is 14.1 Å². The average Bonchev–Trinajstić information content (AvgIpc) is 3.08. The van der Waals surface area contributed by atoms with E-state index in [0.717, 1.165) is 23.1 Å². The molecule has 4 nitrogen and oxygen atoms in total. The zero-order valence-electron chi connectivity index (χ0n) is 11.2. The van der Waals surface area contributed by atoms with Crippen molar-refractivity contribution >= 4 is 40.0 Å². The fraction of sp³-hybridized carbons (Fsp3) is 0.571. The molecule has 108 valence electrons. The van der Waals surface area contributed by atoms with Gasteiger partial charge in [0.25, 0.3) is 0 Å². The summed E-state index contributed by atoms with van der Waals surface area (Å²) in [5.41, 5.74) is 2.41. The second kappa shape index (κ2) is 6.24. The van der Waals surface area contributed by atoms with Crippen molar-refractivity contribution < 1.29 is 5.11 Å². The van der Waals surface area contributed by atoms with Gasteiger partial charge in [0, 0.05) is 6.54 Å². The molecule has 3 rings (SSSR count). The van der Waals surface area contributed by atoms with Gasteiger partial charge in [0.05, 0.1) is 28.5 Å². The van der Waals surface area contributed by atoms with Crippen molar-refractivity contribution in [3.8, 4) is 0 Å². The van der Waals surface area contributed by atoms with E-state index in [-0.39, 0.29) is 6.10 Å². The second-order valence-corrected chi connectivity index (χ2v) is 6.41. The summed E-state index contributed by atoms with van der Waals surface area (Å²) in [6.45, 7) is 0.507. The predicted molar refractivity (Wildman–Crippen MR) is 83.5 cm³/mol. The maximum Gasteiger partial charge on any atom is 0.129 e. The molecule has 1 aromatic heterocycles. The number of hydrogen-bond acceptors (Lipinski definition) is 5. The molecule has 1 atom stereocenters. The maximum absolute atomic E-state index is 10.1. The van der Waals surface area contributed by atoms with E-state index in [9.17, 15) is 5.11 Å². The minimum absolute atomic E-state index is 0.337. The average molecular weight is 312 g/mol. The number of nitrogens with one attached hydrogen (secondary N) is 1. The lowest BCUT2D eigenvalue weighted by molar-refractivity contribution is 0.155. The van der Waals surface area contributed by atoms with E-state index < -0.39 is 0 Å². The molecule has 1 heterocycles. The van der Waals surface area contributed by atoms with Gasteiger partial charge in [-0.2, -0.15) is 8.75 Å². The van der Waals surface area contributed by atoms with Gasteiger partial charge in [0.2, 0.25) is 0 Å². The summed E-state index contributed by atoms with van der Waals surface area (Å²) in [6.07, 6.45) is 5.65. The number of halogens is 1. The van der Waals surface area contributed by atoms with Crippen molar-refractivity contribution in [1.82, 2.24) is 8.75 Å². The fourth-order valence-electron chi connectivity index (χ4n) is 2.93. The third kappa shape index (κ3) is 3.05. The van der Waals surface area contributed by atoms with Crippen molar-refractivity contribution in [2.75, 3.05) is 11.9 Å². The van der Waals surface area contributed by atoms with Crippen LogP contribution in [0.3, 0.4) is 0 Å². The number of rotatable bonds is 5. The van der Waals surface area contributed by atoms with Gasteiger partial charge in [-0.1, -0.05) is 37.3 Å². The van der Waals surface area contributed by atoms with E-state index in [1.165, 1.54) is 37.4 Å². The second-order valence-electron chi connectivity index (χ2n) is 5.48. The van der Waals surface area contributed by atoms with Crippen LogP contribution in [0.4, 0.5) is 5.69 Å². The van der Waals surface area contributed by atoms with Crippen LogP contribution in [0.1, 0.15) is 32.1 Å². The SMILES string of the molecule is OC(CNc1c(Cl)ccc2nsnc12)CC1CCCC1. The van der Waals surface area contributed by atoms with Gasteiger partial charge >= 0.3 is 0 Å². The summed E-state index contributed by atoms with van der Waals surface area (Å²) in [4.78, 5) is 0. The Morgan fingerprint density at radius 1 is 1.35 bits per heavy atom. The first-order chi connectivity index (χ1) is 9.74. The molecule has 2 N–H and O–H groups in total. The molecule has 0 bridgehead atoms. The standard InChI is InChI=1S/C14H18ClN3OS/c15-11-5-6-12-14(18-20-17-12)13(11)16-8-10(19)7-9-3-1-2-4-9/h5-6,9-10,16,19H,1-4,7-8H2. The Balaban J connectivity index is 1.64. The molecule has 2 aromatic rings. The molecule has 0 aliphatic heterocycles. The van der Waals surface area contributed by atoms with Crippen LogP contribution in [0.2, 0.25) is 5.02 Å². The normalized spacial score (nSPS) is 17.7. The number of fused-ring (bicyclic) bond motifs is 1. The topological polar surface area (TPSA) is 58.0 Å². The van der Waals surface area contributed by atoms with Crippen LogP contribution in [0.5, 0.6) is 0 Å². The molecule has 6 heteroatoms. The van der Waals surface area contributed by atoms with Crippen molar-refractivity contribution in [3.05, 3.63) is 17.2 Å². The minimum atomic E-state index is -0.337. The maximum atomic E-state index is 10.1. The van der Waals surface area contributed by atoms with Crippen molar-refractivity contribution in [3.63, 3.8) is 0 Å². The lowest BCUT2D eigenvalue weighted by Crippen LogP contribution is -2.22. The van der Waals surface area contributed by atoms with E-state index in [0.29, 0.717) is 17.5 Å². The van der Waals surface area contributed by atoms with Gasteiger partial charge in [-0.3, -0.25) is 0 Å². The molecule has 0 spiro atoms. The van der Waals surface area contributed by atoms with Crippen LogP contribution < -0.4 is 5.32 Å². The third-order valence-corrected chi connectivity index (χ3v) is 4.83. The van der Waals surface area contributed by atoms with Crippen LogP contribution in [0, 0.1) is 5.92 Å². The number of aliphatic hydroxyl groups is 1. The first-order valence-corrected chi connectivity index (χ1v) is 8.17. The molecule has 1 aliphatic carbocycles. The molecule has 1 saturated carbocycles. The summed E-state index contributed by atoms with van der Waals surface area (Å²) >= 11 is 7.38. The number of hydrogen-bond donors (Lipinski definition) is 2. The third-order valence-electron chi connectivity index (χ3n) is 3.97. The van der Waals surface area contributed by atoms with Gasteiger partial charge in [-0.15, -0.1) is 0 Å². The smallest absolute Gasteiger partial charge is 0.129 e. The van der Waals surface area contributed by atoms with Gasteiger partial charge in [-0.25, -0.2) is 0 Å². The van der Waals surface area contributed by atoms with Crippen LogP contribution in [0.15, 0.2) is 12.1 Å². The predicted octanol–water partition coefficient (Wildman–Crippen LogP) is 3.70. The molecule has 1 aliphatic rings. The Morgan fingerprint density at radius 2 is 2.15 bits per heavy atom. The van der Waals surface area contributed by atoms with E-state index in [4.69, 9.17) is 11.6 Å². The Hall–Kier alpha value is -0.910. The molecular formula is C14H18ClN3OS. The van der Waals surface area contributed by atoms with Gasteiger partial charge in [0.15, 0.2) is 0 Å². The van der Waals surface area contributed by atoms with Crippen molar-refractivity contribution in [1.29, 1.82) is 0 Å². The largest absolute Gasteiger partial charge is 0.391 e. The highest BCUT2D eigenvalue weighted by atomic mass is 35.5. The van der Waals surface area contributed by atoms with Crippen LogP contribution in [-0.4, -0.2) is 26.5 Å². The number of anilines is 1. The lowest BCUT2D eigenvalue weighted by Gasteiger charge is -2.17. The monoisotopic (exact) mass is 311 g/mol. The number of aromatic nitrogens is 2. The Kier molecular flexibility index (Phi) is 4.38. The quantitative estimate of drug-likeness (QED) is 0.884. The first kappa shape index (κ1) is 14.0. The van der Waals surface area contributed by atoms with Crippen molar-refractivity contribution in [2.45, 2.75) is 38.2 Å². The summed E-state index contributed by atoms with van der Waals surface area (Å²) < 4.78 is 8.46. The first-order valence-electron chi connectivity index (χ1n) is 7.07. The summed E-state index contributed by atoms with van der Waals surface area (Å²) in [5.74, 6) is 0.680. The zero-order valence-corrected chi connectivity index (χ0v) is 12.8. The van der Waals surface area contributed by atoms with E-state index in [1.807, 2.05) is 12.1 Å². The van der Waals surface area contributed by atoms with Crippen LogP contribution in [0.25, 0.3) is 11.0 Å². The van der Waals surface area contributed by atoms with E-state index in [1.54, 1.807) is 0 Å². The highest BCUT2D eigenvalue weighted by Crippen LogP contribution is 2.31. The minimum Gasteiger partial charge on any atom is -0.391 e. The Bertz CT molecular complexity index is 583. The van der Waals surface area contributed by atoms with Gasteiger partial charge < -0.3 is 10.4 Å². The molecular weight excluding hydrogens is 294 g/mol. The molecule has 0 amide bonds. The van der Waals surface area contributed by atoms with E-state index >= 15 is 0 Å². The Morgan fingerprint density at radius 3 is 2.95 bits per heavy atom. The van der Waals surface area contributed by atoms with Crippen LogP contribution in [-0.2, 0) is 0 Å². The highest BCUT2D eigenvalue weighted by Gasteiger charge is 2.19. The lowest BCUT2D eigenvalue weighted by atomic mass is 10.00. The molecule has 1 unspecified atom stereocenters. The number of benzene rings is 1. The summed E-state index contributed by atoms with van der Waals surface area (Å²) in [5, 5.41) is 14.0. The summed E-state index contributed by atoms with van der Waals surface area (Å²) in [6, 6.07) is 3.68. The van der Waals surface area contributed by atoms with Crippen molar-refractivity contribution in [2.24, 2.45) is 5.92 Å². The summed E-state index contributed by atoms with van der Waals surface area (Å²) in [7, 11) is 0. The zero-order chi connectivity index (χ0) is 13.9. The fourth-order valence-corrected chi connectivity index (χ4v) is 3.69. The molecule has 0 radical (unpaired) electrons. The molecule has 0 saturated heterocycles. The number of aliphatic hydroxyl groups excluding tert-OH is 1. The number of nitrogens with zero attached hydrogens (tertiary/aromatic N) is 2. The van der Waals surface area contributed by atoms with Gasteiger partial charge in [0.1, 0.15) is 11.0 Å². The highest BCUT2D eigenvalue weighted by molar-refractivity contribution is 7.00. The molecule has 1 aromatic carbocycles. The van der Waals surface area contributed by atoms with Gasteiger partial charge in [-0.05, 0) is 24.5 Å². The Labute approximate surface area is 127 Å². The molecule has 1 fully saturated rings. The van der Waals surface area contributed by atoms with Crippen LogP contribution >= 0.6 is 23.3 Å². The molecule has 20 heavy (non-hydrogen) atoms.